The number of nitrogens with zero attached hydrogens (tertiary/aromatic N) is 3. The lowest BCUT2D eigenvalue weighted by molar-refractivity contribution is -0.125. The minimum Gasteiger partial charge on any atom is -0.304 e. The highest BCUT2D eigenvalue weighted by Crippen LogP contribution is 2.27. The summed E-state index contributed by atoms with van der Waals surface area (Å²) in [5.74, 6) is -0.300. The summed E-state index contributed by atoms with van der Waals surface area (Å²) >= 11 is 6.26. The lowest BCUT2D eigenvalue weighted by Gasteiger charge is -2.27. The minimum absolute atomic E-state index is 0.257. The third-order valence-corrected chi connectivity index (χ3v) is 3.94. The molecule has 2 rings (SSSR count). The molecule has 0 saturated carbocycles. The maximum atomic E-state index is 11.8. The Morgan fingerprint density at radius 3 is 2.42 bits per heavy atom. The molecule has 0 aromatic carbocycles. The van der Waals surface area contributed by atoms with Crippen molar-refractivity contribution in [2.45, 2.75) is 39.3 Å². The molecule has 1 aliphatic heterocycles. The van der Waals surface area contributed by atoms with Crippen LogP contribution in [0.5, 0.6) is 0 Å². The number of rotatable bonds is 3. The first-order chi connectivity index (χ1) is 8.78. The summed E-state index contributed by atoms with van der Waals surface area (Å²) in [6.45, 7) is 5.64. The standard InChI is InChI=1S/C12H17ClN4O2/c1-5-7-9(13)8(16(4)15-7)6-17-11(19)14-10(18)12(17,2)3/h5-6H2,1-4H3,(H,14,18,19). The molecule has 2 heterocycles. The van der Waals surface area contributed by atoms with Gasteiger partial charge in [0.05, 0.1) is 23.0 Å². The van der Waals surface area contributed by atoms with Gasteiger partial charge in [-0.3, -0.25) is 14.8 Å². The molecule has 19 heavy (non-hydrogen) atoms. The number of nitrogens with one attached hydrogen (secondary N) is 1. The summed E-state index contributed by atoms with van der Waals surface area (Å²) in [4.78, 5) is 25.0. The molecule has 1 saturated heterocycles. The first-order valence-electron chi connectivity index (χ1n) is 6.12. The van der Waals surface area contributed by atoms with E-state index in [-0.39, 0.29) is 12.5 Å². The molecule has 1 aliphatic rings. The topological polar surface area (TPSA) is 67.2 Å². The van der Waals surface area contributed by atoms with Crippen molar-refractivity contribution < 1.29 is 9.59 Å². The number of carbonyl (C=O) groups is 2. The van der Waals surface area contributed by atoms with Crippen molar-refractivity contribution in [3.8, 4) is 0 Å². The average molecular weight is 285 g/mol. The molecule has 0 unspecified atom stereocenters. The van der Waals surface area contributed by atoms with Crippen LogP contribution >= 0.6 is 11.6 Å². The van der Waals surface area contributed by atoms with Gasteiger partial charge in [-0.2, -0.15) is 5.10 Å². The Balaban J connectivity index is 2.34. The number of urea groups is 1. The van der Waals surface area contributed by atoms with Crippen LogP contribution in [0.3, 0.4) is 0 Å². The van der Waals surface area contributed by atoms with Gasteiger partial charge in [-0.25, -0.2) is 4.79 Å². The van der Waals surface area contributed by atoms with E-state index < -0.39 is 11.6 Å². The predicted molar refractivity (Wildman–Crippen MR) is 70.8 cm³/mol. The molecule has 0 spiro atoms. The van der Waals surface area contributed by atoms with E-state index in [1.54, 1.807) is 25.6 Å². The summed E-state index contributed by atoms with van der Waals surface area (Å²) in [7, 11) is 1.78. The van der Waals surface area contributed by atoms with Gasteiger partial charge in [-0.05, 0) is 20.3 Å². The van der Waals surface area contributed by atoms with E-state index in [1.807, 2.05) is 6.92 Å². The second-order valence-corrected chi connectivity index (χ2v) is 5.47. The summed E-state index contributed by atoms with van der Waals surface area (Å²) < 4.78 is 1.66. The molecule has 1 N–H and O–H groups in total. The zero-order valence-electron chi connectivity index (χ0n) is 11.5. The molecule has 0 radical (unpaired) electrons. The summed E-state index contributed by atoms with van der Waals surface area (Å²) in [6, 6.07) is -0.398. The van der Waals surface area contributed by atoms with Crippen molar-refractivity contribution in [2.24, 2.45) is 7.05 Å². The van der Waals surface area contributed by atoms with Crippen molar-refractivity contribution in [3.05, 3.63) is 16.4 Å². The van der Waals surface area contributed by atoms with Crippen molar-refractivity contribution in [1.29, 1.82) is 0 Å². The normalized spacial score (nSPS) is 18.1. The molecule has 0 aliphatic carbocycles. The Morgan fingerprint density at radius 2 is 2.00 bits per heavy atom. The number of hydrogen-bond donors (Lipinski definition) is 1. The van der Waals surface area contributed by atoms with Gasteiger partial charge in [0.2, 0.25) is 0 Å². The summed E-state index contributed by atoms with van der Waals surface area (Å²) in [5.41, 5.74) is 0.649. The van der Waals surface area contributed by atoms with E-state index in [0.717, 1.165) is 17.8 Å². The van der Waals surface area contributed by atoms with Gasteiger partial charge in [0.1, 0.15) is 5.54 Å². The number of imide groups is 1. The first kappa shape index (κ1) is 13.9. The van der Waals surface area contributed by atoms with E-state index in [0.29, 0.717) is 5.02 Å². The van der Waals surface area contributed by atoms with Crippen LogP contribution in [0.15, 0.2) is 0 Å². The summed E-state index contributed by atoms with van der Waals surface area (Å²) in [6.07, 6.45) is 0.723. The third kappa shape index (κ3) is 2.10. The van der Waals surface area contributed by atoms with Crippen LogP contribution in [-0.2, 0) is 24.8 Å². The van der Waals surface area contributed by atoms with Crippen LogP contribution in [0.1, 0.15) is 32.2 Å². The third-order valence-electron chi connectivity index (χ3n) is 3.51. The lowest BCUT2D eigenvalue weighted by Crippen LogP contribution is -2.44. The Labute approximate surface area is 116 Å². The molecule has 1 fully saturated rings. The van der Waals surface area contributed by atoms with Gasteiger partial charge in [0.25, 0.3) is 5.91 Å². The molecule has 0 bridgehead atoms. The first-order valence-corrected chi connectivity index (χ1v) is 6.50. The van der Waals surface area contributed by atoms with Crippen LogP contribution in [0.25, 0.3) is 0 Å². The molecule has 7 heteroatoms. The Kier molecular flexibility index (Phi) is 3.30. The SMILES string of the molecule is CCc1nn(C)c(CN2C(=O)NC(=O)C2(C)C)c1Cl. The van der Waals surface area contributed by atoms with Crippen molar-refractivity contribution in [3.63, 3.8) is 0 Å². The van der Waals surface area contributed by atoms with Crippen LogP contribution in [0.4, 0.5) is 4.79 Å². The molecule has 104 valence electrons. The van der Waals surface area contributed by atoms with E-state index >= 15 is 0 Å². The van der Waals surface area contributed by atoms with Crippen LogP contribution in [0.2, 0.25) is 5.02 Å². The zero-order chi connectivity index (χ0) is 14.4. The number of aromatic nitrogens is 2. The Morgan fingerprint density at radius 1 is 1.37 bits per heavy atom. The van der Waals surface area contributed by atoms with Crippen LogP contribution < -0.4 is 5.32 Å². The lowest BCUT2D eigenvalue weighted by atomic mass is 10.0. The van der Waals surface area contributed by atoms with E-state index in [4.69, 9.17) is 11.6 Å². The van der Waals surface area contributed by atoms with Gasteiger partial charge in [-0.1, -0.05) is 18.5 Å². The predicted octanol–water partition coefficient (Wildman–Crippen LogP) is 1.47. The maximum absolute atomic E-state index is 11.8. The minimum atomic E-state index is -0.878. The van der Waals surface area contributed by atoms with E-state index in [9.17, 15) is 9.59 Å². The molecular weight excluding hydrogens is 268 g/mol. The second kappa shape index (κ2) is 4.52. The Bertz CT molecular complexity index is 550. The Hall–Kier alpha value is -1.56. The molecular formula is C12H17ClN4O2. The molecule has 1 aromatic rings. The van der Waals surface area contributed by atoms with Gasteiger partial charge in [0.15, 0.2) is 0 Å². The fraction of sp³-hybridized carbons (Fsp3) is 0.583. The quantitative estimate of drug-likeness (QED) is 0.855. The largest absolute Gasteiger partial charge is 0.325 e. The number of aryl methyl sites for hydroxylation is 2. The van der Waals surface area contributed by atoms with Gasteiger partial charge >= 0.3 is 6.03 Å². The fourth-order valence-corrected chi connectivity index (χ4v) is 2.46. The highest BCUT2D eigenvalue weighted by atomic mass is 35.5. The smallest absolute Gasteiger partial charge is 0.304 e. The van der Waals surface area contributed by atoms with Gasteiger partial charge in [-0.15, -0.1) is 0 Å². The fourth-order valence-electron chi connectivity index (χ4n) is 2.10. The monoisotopic (exact) mass is 284 g/mol. The number of carbonyl (C=O) groups excluding carboxylic acids is 2. The molecule has 3 amide bonds. The number of hydrogen-bond acceptors (Lipinski definition) is 3. The van der Waals surface area contributed by atoms with Crippen molar-refractivity contribution >= 4 is 23.5 Å². The number of amides is 3. The average Bonchev–Trinajstić information content (AvgIpc) is 2.70. The number of halogens is 1. The summed E-state index contributed by atoms with van der Waals surface area (Å²) in [5, 5.41) is 7.18. The van der Waals surface area contributed by atoms with Gasteiger partial charge in [0, 0.05) is 7.05 Å². The second-order valence-electron chi connectivity index (χ2n) is 5.09. The van der Waals surface area contributed by atoms with Crippen LogP contribution in [0, 0.1) is 0 Å². The highest BCUT2D eigenvalue weighted by molar-refractivity contribution is 6.31. The van der Waals surface area contributed by atoms with Crippen molar-refractivity contribution in [1.82, 2.24) is 20.0 Å². The highest BCUT2D eigenvalue weighted by Gasteiger charge is 2.45. The van der Waals surface area contributed by atoms with E-state index in [2.05, 4.69) is 10.4 Å². The van der Waals surface area contributed by atoms with Crippen molar-refractivity contribution in [2.75, 3.05) is 0 Å². The van der Waals surface area contributed by atoms with Gasteiger partial charge < -0.3 is 4.90 Å². The van der Waals surface area contributed by atoms with Crippen LogP contribution in [-0.4, -0.2) is 32.2 Å². The zero-order valence-corrected chi connectivity index (χ0v) is 12.2. The molecule has 6 nitrogen and oxygen atoms in total. The van der Waals surface area contributed by atoms with E-state index in [1.165, 1.54) is 4.90 Å². The molecule has 1 aromatic heterocycles. The maximum Gasteiger partial charge on any atom is 0.325 e. The molecule has 0 atom stereocenters.